The van der Waals surface area contributed by atoms with Gasteiger partial charge in [0.15, 0.2) is 0 Å². The van der Waals surface area contributed by atoms with E-state index < -0.39 is 42.2 Å². The van der Waals surface area contributed by atoms with E-state index in [1.807, 2.05) is 0 Å². The molecule has 3 rings (SSSR count). The Morgan fingerprint density at radius 1 is 1.03 bits per heavy atom. The predicted octanol–water partition coefficient (Wildman–Crippen LogP) is 2.60. The van der Waals surface area contributed by atoms with Gasteiger partial charge in [-0.25, -0.2) is 14.4 Å². The number of rotatable bonds is 7. The van der Waals surface area contributed by atoms with E-state index in [1.54, 1.807) is 32.9 Å². The number of alkyl carbamates (subject to hydrolysis) is 1. The smallest absolute Gasteiger partial charge is 0.413 e. The van der Waals surface area contributed by atoms with E-state index in [0.717, 1.165) is 0 Å². The molecule has 0 fully saturated rings. The Bertz CT molecular complexity index is 1100. The maximum Gasteiger partial charge on any atom is 0.413 e. The van der Waals surface area contributed by atoms with Gasteiger partial charge in [0.25, 0.3) is 11.8 Å². The first-order chi connectivity index (χ1) is 16.0. The Kier molecular flexibility index (Phi) is 6.97. The second-order valence-corrected chi connectivity index (χ2v) is 8.22. The van der Waals surface area contributed by atoms with Gasteiger partial charge >= 0.3 is 12.1 Å². The van der Waals surface area contributed by atoms with Crippen LogP contribution in [0.25, 0.3) is 0 Å². The lowest BCUT2D eigenvalue weighted by molar-refractivity contribution is -0.178. The maximum atomic E-state index is 12.4. The lowest BCUT2D eigenvalue weighted by atomic mass is 10.1. The van der Waals surface area contributed by atoms with E-state index in [2.05, 4.69) is 5.32 Å². The van der Waals surface area contributed by atoms with Crippen LogP contribution in [0, 0.1) is 5.41 Å². The van der Waals surface area contributed by atoms with Gasteiger partial charge in [-0.15, -0.1) is 5.06 Å². The Labute approximate surface area is 194 Å². The van der Waals surface area contributed by atoms with Crippen molar-refractivity contribution in [3.05, 3.63) is 65.2 Å². The van der Waals surface area contributed by atoms with E-state index >= 15 is 0 Å². The molecule has 1 atom stereocenters. The molecular weight excluding hydrogens is 446 g/mol. The molecule has 0 spiro atoms. The van der Waals surface area contributed by atoms with Gasteiger partial charge in [-0.05, 0) is 57.2 Å². The largest absolute Gasteiger partial charge is 0.490 e. The van der Waals surface area contributed by atoms with Crippen LogP contribution >= 0.6 is 0 Å². The molecule has 34 heavy (non-hydrogen) atoms. The van der Waals surface area contributed by atoms with Gasteiger partial charge in [0.05, 0.1) is 11.1 Å². The number of nitrogens with one attached hydrogen (secondary N) is 2. The Morgan fingerprint density at radius 3 is 2.09 bits per heavy atom. The van der Waals surface area contributed by atoms with Crippen molar-refractivity contribution in [2.24, 2.45) is 0 Å². The van der Waals surface area contributed by atoms with E-state index in [9.17, 15) is 24.3 Å². The minimum Gasteiger partial charge on any atom is -0.490 e. The lowest BCUT2D eigenvalue weighted by Gasteiger charge is -2.20. The fourth-order valence-corrected chi connectivity index (χ4v) is 2.90. The third kappa shape index (κ3) is 5.75. The van der Waals surface area contributed by atoms with Crippen molar-refractivity contribution < 1.29 is 38.6 Å². The van der Waals surface area contributed by atoms with Crippen LogP contribution < -0.4 is 10.1 Å². The molecule has 0 aromatic heterocycles. The van der Waals surface area contributed by atoms with Crippen molar-refractivity contribution in [3.8, 4) is 5.75 Å². The number of carbonyl (C=O) groups is 4. The number of amides is 3. The maximum absolute atomic E-state index is 12.4. The molecule has 2 aromatic carbocycles. The molecule has 0 bridgehead atoms. The van der Waals surface area contributed by atoms with Crippen LogP contribution in [0.3, 0.4) is 0 Å². The third-order valence-electron chi connectivity index (χ3n) is 4.44. The number of fused-ring (bicyclic) bond motifs is 1. The van der Waals surface area contributed by atoms with Crippen LogP contribution in [0.15, 0.2) is 48.5 Å². The molecule has 1 aliphatic rings. The van der Waals surface area contributed by atoms with E-state index in [4.69, 9.17) is 19.7 Å². The van der Waals surface area contributed by atoms with Crippen LogP contribution in [0.1, 0.15) is 47.1 Å². The highest BCUT2D eigenvalue weighted by molar-refractivity contribution is 6.20. The van der Waals surface area contributed by atoms with Crippen LogP contribution in [0.4, 0.5) is 4.79 Å². The van der Waals surface area contributed by atoms with Crippen molar-refractivity contribution in [2.75, 3.05) is 6.61 Å². The standard InChI is InChI=1S/C23H23N3O8/c1-23(2,3)33-22(31)25-18(24)13-8-10-14(11-9-13)32-12-17(21(29)30)34-26-19(27)15-6-4-5-7-16(15)20(26)28/h4-11,17H,12H2,1-3H3,(H,29,30)(H2,24,25,31). The summed E-state index contributed by atoms with van der Waals surface area (Å²) >= 11 is 0. The number of nitrogens with zero attached hydrogens (tertiary/aromatic N) is 1. The van der Waals surface area contributed by atoms with Crippen LogP contribution in [0.2, 0.25) is 0 Å². The van der Waals surface area contributed by atoms with Crippen molar-refractivity contribution in [1.82, 2.24) is 10.4 Å². The zero-order valence-corrected chi connectivity index (χ0v) is 18.7. The minimum atomic E-state index is -1.64. The number of hydrogen-bond donors (Lipinski definition) is 3. The number of carboxylic acid groups (broad SMARTS) is 1. The summed E-state index contributed by atoms with van der Waals surface area (Å²) in [5.74, 6) is -2.90. The SMILES string of the molecule is CC(C)(C)OC(=O)NC(=N)c1ccc(OCC(ON2C(=O)c3ccccc3C2=O)C(=O)O)cc1. The van der Waals surface area contributed by atoms with Crippen molar-refractivity contribution in [3.63, 3.8) is 0 Å². The highest BCUT2D eigenvalue weighted by Gasteiger charge is 2.39. The van der Waals surface area contributed by atoms with E-state index in [1.165, 1.54) is 36.4 Å². The average molecular weight is 469 g/mol. The molecule has 3 amide bonds. The Hall–Kier alpha value is -4.25. The number of carbonyl (C=O) groups excluding carboxylic acids is 3. The summed E-state index contributed by atoms with van der Waals surface area (Å²) < 4.78 is 10.5. The number of imide groups is 1. The number of ether oxygens (including phenoxy) is 2. The Balaban J connectivity index is 1.58. The van der Waals surface area contributed by atoms with Gasteiger partial charge in [0.1, 0.15) is 23.8 Å². The highest BCUT2D eigenvalue weighted by atomic mass is 16.7. The fourth-order valence-electron chi connectivity index (χ4n) is 2.90. The summed E-state index contributed by atoms with van der Waals surface area (Å²) in [6, 6.07) is 11.9. The second-order valence-electron chi connectivity index (χ2n) is 8.22. The number of hydrogen-bond acceptors (Lipinski definition) is 8. The predicted molar refractivity (Wildman–Crippen MR) is 118 cm³/mol. The molecule has 0 saturated carbocycles. The van der Waals surface area contributed by atoms with Crippen molar-refractivity contribution in [1.29, 1.82) is 5.41 Å². The summed E-state index contributed by atoms with van der Waals surface area (Å²) in [5, 5.41) is 20.1. The van der Waals surface area contributed by atoms with E-state index in [-0.39, 0.29) is 22.7 Å². The van der Waals surface area contributed by atoms with Crippen LogP contribution in [0.5, 0.6) is 5.75 Å². The quantitative estimate of drug-likeness (QED) is 0.317. The molecule has 178 valence electrons. The van der Waals surface area contributed by atoms with E-state index in [0.29, 0.717) is 10.6 Å². The summed E-state index contributed by atoms with van der Waals surface area (Å²) in [5.41, 5.74) is -0.112. The van der Waals surface area contributed by atoms with Gasteiger partial charge in [0.2, 0.25) is 6.10 Å². The minimum absolute atomic E-state index is 0.121. The molecule has 11 heteroatoms. The monoisotopic (exact) mass is 469 g/mol. The van der Waals surface area contributed by atoms with Crippen LogP contribution in [-0.4, -0.2) is 58.2 Å². The molecule has 0 saturated heterocycles. The van der Waals surface area contributed by atoms with Crippen molar-refractivity contribution >= 4 is 29.7 Å². The molecule has 3 N–H and O–H groups in total. The van der Waals surface area contributed by atoms with Crippen LogP contribution in [-0.2, 0) is 14.4 Å². The first-order valence-corrected chi connectivity index (χ1v) is 10.2. The summed E-state index contributed by atoms with van der Waals surface area (Å²) in [6.07, 6.45) is -2.42. The number of amidine groups is 1. The fraction of sp³-hybridized carbons (Fsp3) is 0.261. The first-order valence-electron chi connectivity index (χ1n) is 10.2. The molecule has 1 aliphatic heterocycles. The average Bonchev–Trinajstić information content (AvgIpc) is 3.00. The molecule has 11 nitrogen and oxygen atoms in total. The molecule has 1 unspecified atom stereocenters. The molecule has 0 radical (unpaired) electrons. The number of hydroxylamine groups is 2. The lowest BCUT2D eigenvalue weighted by Crippen LogP contribution is -2.41. The zero-order chi connectivity index (χ0) is 25.0. The third-order valence-corrected chi connectivity index (χ3v) is 4.44. The first kappa shape index (κ1) is 24.4. The number of aliphatic carboxylic acids is 1. The number of benzene rings is 2. The van der Waals surface area contributed by atoms with Gasteiger partial charge < -0.3 is 14.6 Å². The van der Waals surface area contributed by atoms with Gasteiger partial charge in [-0.3, -0.25) is 20.3 Å². The normalized spacial score (nSPS) is 13.8. The summed E-state index contributed by atoms with van der Waals surface area (Å²) in [7, 11) is 0. The topological polar surface area (TPSA) is 155 Å². The summed E-state index contributed by atoms with van der Waals surface area (Å²) in [4.78, 5) is 53.3. The highest BCUT2D eigenvalue weighted by Crippen LogP contribution is 2.24. The molecular formula is C23H23N3O8. The van der Waals surface area contributed by atoms with Gasteiger partial charge in [-0.1, -0.05) is 12.1 Å². The number of carboxylic acids is 1. The second kappa shape index (κ2) is 9.71. The Morgan fingerprint density at radius 2 is 1.59 bits per heavy atom. The molecule has 2 aromatic rings. The molecule has 0 aliphatic carbocycles. The van der Waals surface area contributed by atoms with Gasteiger partial charge in [0, 0.05) is 5.56 Å². The van der Waals surface area contributed by atoms with Gasteiger partial charge in [-0.2, -0.15) is 0 Å². The summed E-state index contributed by atoms with van der Waals surface area (Å²) in [6.45, 7) is 4.59. The zero-order valence-electron chi connectivity index (χ0n) is 18.7. The van der Waals surface area contributed by atoms with Crippen molar-refractivity contribution in [2.45, 2.75) is 32.5 Å². The molecule has 1 heterocycles.